The molecule has 7 nitrogen and oxygen atoms in total. The maximum Gasteiger partial charge on any atom is 0.337 e. The van der Waals surface area contributed by atoms with Gasteiger partial charge in [-0.15, -0.1) is 0 Å². The number of aromatic nitrogens is 2. The smallest absolute Gasteiger partial charge is 0.337 e. The van der Waals surface area contributed by atoms with E-state index in [1.165, 1.54) is 18.5 Å². The third-order valence-electron chi connectivity index (χ3n) is 2.22. The Morgan fingerprint density at radius 3 is 2.74 bits per heavy atom. The molecule has 0 aliphatic rings. The predicted octanol–water partition coefficient (Wildman–Crippen LogP) is 2.36. The van der Waals surface area contributed by atoms with Crippen molar-refractivity contribution in [3.8, 4) is 0 Å². The third kappa shape index (κ3) is 3.44. The standard InChI is InChI=1S/C11H9IN4O3/c12-6-1-2-9(8(3-6)10(17)18)16-11(19)15-7-4-13-14-5-7/h1-5H,(H,13,14)(H,17,18)(H2,15,16,19). The highest BCUT2D eigenvalue weighted by atomic mass is 127. The van der Waals surface area contributed by atoms with E-state index >= 15 is 0 Å². The number of urea groups is 1. The number of carboxylic acid groups (broad SMARTS) is 1. The van der Waals surface area contributed by atoms with Crippen molar-refractivity contribution in [2.24, 2.45) is 0 Å². The maximum atomic E-state index is 11.7. The molecule has 0 aliphatic heterocycles. The Labute approximate surface area is 121 Å². The van der Waals surface area contributed by atoms with Crippen LogP contribution in [-0.4, -0.2) is 27.3 Å². The van der Waals surface area contributed by atoms with Crippen LogP contribution in [0, 0.1) is 3.57 Å². The summed E-state index contributed by atoms with van der Waals surface area (Å²) in [5.41, 5.74) is 0.753. The zero-order chi connectivity index (χ0) is 13.8. The molecular weight excluding hydrogens is 363 g/mol. The van der Waals surface area contributed by atoms with Crippen molar-refractivity contribution in [1.82, 2.24) is 10.2 Å². The lowest BCUT2D eigenvalue weighted by atomic mass is 10.2. The second-order valence-electron chi connectivity index (χ2n) is 3.56. The number of nitrogens with zero attached hydrogens (tertiary/aromatic N) is 1. The summed E-state index contributed by atoms with van der Waals surface area (Å²) in [5.74, 6) is -1.10. The van der Waals surface area contributed by atoms with Crippen LogP contribution in [0.25, 0.3) is 0 Å². The van der Waals surface area contributed by atoms with Gasteiger partial charge in [-0.05, 0) is 40.8 Å². The van der Waals surface area contributed by atoms with Gasteiger partial charge in [-0.3, -0.25) is 5.10 Å². The third-order valence-corrected chi connectivity index (χ3v) is 2.89. The number of H-pyrrole nitrogens is 1. The van der Waals surface area contributed by atoms with Crippen molar-refractivity contribution < 1.29 is 14.7 Å². The lowest BCUT2D eigenvalue weighted by Crippen LogP contribution is -2.20. The van der Waals surface area contributed by atoms with E-state index in [1.807, 2.05) is 22.6 Å². The van der Waals surface area contributed by atoms with Crippen LogP contribution >= 0.6 is 22.6 Å². The molecule has 0 saturated heterocycles. The van der Waals surface area contributed by atoms with Gasteiger partial charge in [0.1, 0.15) is 0 Å². The number of anilines is 2. The molecule has 0 radical (unpaired) electrons. The fraction of sp³-hybridized carbons (Fsp3) is 0. The number of nitrogens with one attached hydrogen (secondary N) is 3. The number of carbonyl (C=O) groups is 2. The van der Waals surface area contributed by atoms with Crippen LogP contribution in [-0.2, 0) is 0 Å². The molecule has 2 aromatic rings. The first kappa shape index (κ1) is 13.3. The van der Waals surface area contributed by atoms with Crippen molar-refractivity contribution in [3.05, 3.63) is 39.7 Å². The number of rotatable bonds is 3. The van der Waals surface area contributed by atoms with Crippen molar-refractivity contribution in [3.63, 3.8) is 0 Å². The van der Waals surface area contributed by atoms with Gasteiger partial charge >= 0.3 is 12.0 Å². The van der Waals surface area contributed by atoms with Gasteiger partial charge in [-0.1, -0.05) is 0 Å². The molecule has 1 heterocycles. The molecule has 0 unspecified atom stereocenters. The maximum absolute atomic E-state index is 11.7. The van der Waals surface area contributed by atoms with E-state index in [4.69, 9.17) is 5.11 Å². The Bertz CT molecular complexity index is 612. The monoisotopic (exact) mass is 372 g/mol. The minimum absolute atomic E-state index is 0.0363. The fourth-order valence-corrected chi connectivity index (χ4v) is 1.90. The van der Waals surface area contributed by atoms with Crippen molar-refractivity contribution in [2.75, 3.05) is 10.6 Å². The Morgan fingerprint density at radius 1 is 1.32 bits per heavy atom. The lowest BCUT2D eigenvalue weighted by molar-refractivity contribution is 0.0698. The Balaban J connectivity index is 2.14. The average Bonchev–Trinajstić information content (AvgIpc) is 2.83. The summed E-state index contributed by atoms with van der Waals surface area (Å²) in [7, 11) is 0. The van der Waals surface area contributed by atoms with Gasteiger partial charge in [0.2, 0.25) is 0 Å². The predicted molar refractivity (Wildman–Crippen MR) is 77.3 cm³/mol. The first-order valence-corrected chi connectivity index (χ1v) is 6.24. The number of halogens is 1. The SMILES string of the molecule is O=C(Nc1cn[nH]c1)Nc1ccc(I)cc1C(=O)O. The largest absolute Gasteiger partial charge is 0.478 e. The van der Waals surface area contributed by atoms with E-state index in [0.29, 0.717) is 5.69 Å². The molecule has 2 amide bonds. The number of hydrogen-bond acceptors (Lipinski definition) is 3. The first-order valence-electron chi connectivity index (χ1n) is 5.16. The summed E-state index contributed by atoms with van der Waals surface area (Å²) in [6.45, 7) is 0. The molecule has 2 rings (SSSR count). The van der Waals surface area contributed by atoms with Crippen LogP contribution in [0.1, 0.15) is 10.4 Å². The highest BCUT2D eigenvalue weighted by Gasteiger charge is 2.13. The van der Waals surface area contributed by atoms with Crippen molar-refractivity contribution in [1.29, 1.82) is 0 Å². The lowest BCUT2D eigenvalue weighted by Gasteiger charge is -2.09. The minimum Gasteiger partial charge on any atom is -0.478 e. The van der Waals surface area contributed by atoms with E-state index in [-0.39, 0.29) is 11.3 Å². The summed E-state index contributed by atoms with van der Waals surface area (Å²) >= 11 is 2.00. The molecule has 8 heteroatoms. The highest BCUT2D eigenvalue weighted by molar-refractivity contribution is 14.1. The van der Waals surface area contributed by atoms with Crippen LogP contribution < -0.4 is 10.6 Å². The van der Waals surface area contributed by atoms with Crippen LogP contribution in [0.3, 0.4) is 0 Å². The zero-order valence-electron chi connectivity index (χ0n) is 9.48. The number of carboxylic acids is 1. The van der Waals surface area contributed by atoms with Gasteiger partial charge in [0.25, 0.3) is 0 Å². The number of aromatic carboxylic acids is 1. The summed E-state index contributed by atoms with van der Waals surface area (Å²) in [6.07, 6.45) is 2.94. The van der Waals surface area contributed by atoms with E-state index in [0.717, 1.165) is 3.57 Å². The average molecular weight is 372 g/mol. The van der Waals surface area contributed by atoms with Gasteiger partial charge in [-0.2, -0.15) is 5.10 Å². The summed E-state index contributed by atoms with van der Waals surface area (Å²) < 4.78 is 0.774. The van der Waals surface area contributed by atoms with E-state index < -0.39 is 12.0 Å². The normalized spacial score (nSPS) is 9.95. The van der Waals surface area contributed by atoms with E-state index in [2.05, 4.69) is 20.8 Å². The molecule has 0 saturated carbocycles. The molecule has 0 bridgehead atoms. The minimum atomic E-state index is -1.10. The Kier molecular flexibility index (Phi) is 4.00. The second kappa shape index (κ2) is 5.69. The molecule has 0 aliphatic carbocycles. The summed E-state index contributed by atoms with van der Waals surface area (Å²) in [6, 6.07) is 4.20. The number of hydrogen-bond donors (Lipinski definition) is 4. The van der Waals surface area contributed by atoms with E-state index in [1.54, 1.807) is 12.1 Å². The highest BCUT2D eigenvalue weighted by Crippen LogP contribution is 2.19. The summed E-state index contributed by atoms with van der Waals surface area (Å²) in [4.78, 5) is 22.8. The molecule has 0 atom stereocenters. The Hall–Kier alpha value is -2.10. The zero-order valence-corrected chi connectivity index (χ0v) is 11.6. The second-order valence-corrected chi connectivity index (χ2v) is 4.81. The van der Waals surface area contributed by atoms with Crippen molar-refractivity contribution >= 4 is 46.0 Å². The number of benzene rings is 1. The molecule has 1 aromatic heterocycles. The number of amides is 2. The molecule has 4 N–H and O–H groups in total. The quantitative estimate of drug-likeness (QED) is 0.621. The molecule has 19 heavy (non-hydrogen) atoms. The molecule has 0 spiro atoms. The van der Waals surface area contributed by atoms with Crippen LogP contribution in [0.15, 0.2) is 30.6 Å². The van der Waals surface area contributed by atoms with Crippen LogP contribution in [0.2, 0.25) is 0 Å². The van der Waals surface area contributed by atoms with Crippen molar-refractivity contribution in [2.45, 2.75) is 0 Å². The summed E-state index contributed by atoms with van der Waals surface area (Å²) in [5, 5.41) is 20.3. The Morgan fingerprint density at radius 2 is 2.11 bits per heavy atom. The van der Waals surface area contributed by atoms with Crippen LogP contribution in [0.4, 0.5) is 16.2 Å². The van der Waals surface area contributed by atoms with Crippen LogP contribution in [0.5, 0.6) is 0 Å². The van der Waals surface area contributed by atoms with Gasteiger partial charge in [-0.25, -0.2) is 9.59 Å². The van der Waals surface area contributed by atoms with Gasteiger partial charge in [0.15, 0.2) is 0 Å². The topological polar surface area (TPSA) is 107 Å². The molecular formula is C11H9IN4O3. The van der Waals surface area contributed by atoms with E-state index in [9.17, 15) is 9.59 Å². The fourth-order valence-electron chi connectivity index (χ4n) is 1.41. The molecule has 0 fully saturated rings. The molecule has 1 aromatic carbocycles. The van der Waals surface area contributed by atoms with Gasteiger partial charge < -0.3 is 15.7 Å². The van der Waals surface area contributed by atoms with Gasteiger partial charge in [0.05, 0.1) is 23.1 Å². The van der Waals surface area contributed by atoms with Gasteiger partial charge in [0, 0.05) is 9.77 Å². The number of aromatic amines is 1. The first-order chi connectivity index (χ1) is 9.06. The molecule has 98 valence electrons. The number of carbonyl (C=O) groups excluding carboxylic acids is 1.